The van der Waals surface area contributed by atoms with Gasteiger partial charge in [-0.3, -0.25) is 4.79 Å². The second-order valence-corrected chi connectivity index (χ2v) is 4.69. The largest absolute Gasteiger partial charge is 0.508 e. The normalized spacial score (nSPS) is 10.1. The van der Waals surface area contributed by atoms with Crippen molar-refractivity contribution in [2.24, 2.45) is 0 Å². The average molecular weight is 247 g/mol. The fourth-order valence-corrected chi connectivity index (χ4v) is 2.19. The Hall–Kier alpha value is -1.81. The summed E-state index contributed by atoms with van der Waals surface area (Å²) in [5.74, 6) is 0.180. The summed E-state index contributed by atoms with van der Waals surface area (Å²) < 4.78 is 0. The van der Waals surface area contributed by atoms with Gasteiger partial charge in [-0.1, -0.05) is 24.3 Å². The van der Waals surface area contributed by atoms with Crippen molar-refractivity contribution in [3.8, 4) is 5.75 Å². The summed E-state index contributed by atoms with van der Waals surface area (Å²) >= 11 is 1.57. The van der Waals surface area contributed by atoms with E-state index in [1.165, 1.54) is 0 Å². The maximum atomic E-state index is 11.6. The van der Waals surface area contributed by atoms with Crippen LogP contribution in [0.1, 0.15) is 10.4 Å². The summed E-state index contributed by atoms with van der Waals surface area (Å²) in [6.45, 7) is 0.358. The molecule has 2 N–H and O–H groups in total. The van der Waals surface area contributed by atoms with Crippen molar-refractivity contribution in [3.05, 3.63) is 52.2 Å². The lowest BCUT2D eigenvalue weighted by atomic mass is 10.2. The van der Waals surface area contributed by atoms with Crippen LogP contribution in [0.15, 0.2) is 41.8 Å². The maximum absolute atomic E-state index is 11.6. The van der Waals surface area contributed by atoms with Crippen molar-refractivity contribution in [3.63, 3.8) is 0 Å². The molecule has 1 amide bonds. The Morgan fingerprint density at radius 3 is 2.76 bits per heavy atom. The lowest BCUT2D eigenvalue weighted by Crippen LogP contribution is -2.24. The molecule has 17 heavy (non-hydrogen) atoms. The number of aromatic hydroxyl groups is 1. The molecule has 0 aliphatic carbocycles. The van der Waals surface area contributed by atoms with Gasteiger partial charge in [0, 0.05) is 17.0 Å². The molecule has 4 heteroatoms. The highest BCUT2D eigenvalue weighted by Crippen LogP contribution is 2.15. The number of phenolic OH excluding ortho intramolecular Hbond substituents is 1. The van der Waals surface area contributed by atoms with Crippen LogP contribution in [0.5, 0.6) is 5.75 Å². The highest BCUT2D eigenvalue weighted by molar-refractivity contribution is 7.10. The molecule has 88 valence electrons. The summed E-state index contributed by atoms with van der Waals surface area (Å²) in [7, 11) is 0. The Morgan fingerprint density at radius 1 is 1.24 bits per heavy atom. The number of hydrogen-bond donors (Lipinski definition) is 2. The Balaban J connectivity index is 1.86. The number of nitrogens with one attached hydrogen (secondary N) is 1. The number of hydrogen-bond acceptors (Lipinski definition) is 3. The number of benzene rings is 1. The number of carbonyl (C=O) groups excluding carboxylic acids is 1. The summed E-state index contributed by atoms with van der Waals surface area (Å²) in [6, 6.07) is 10.9. The summed E-state index contributed by atoms with van der Waals surface area (Å²) in [5.41, 5.74) is 0.729. The Kier molecular flexibility index (Phi) is 3.77. The molecule has 0 unspecified atom stereocenters. The van der Waals surface area contributed by atoms with Crippen molar-refractivity contribution >= 4 is 17.2 Å². The van der Waals surface area contributed by atoms with Crippen LogP contribution in [-0.4, -0.2) is 11.0 Å². The van der Waals surface area contributed by atoms with Crippen LogP contribution in [0, 0.1) is 0 Å². The van der Waals surface area contributed by atoms with E-state index in [0.29, 0.717) is 13.0 Å². The fourth-order valence-electron chi connectivity index (χ4n) is 1.49. The highest BCUT2D eigenvalue weighted by Gasteiger charge is 2.05. The van der Waals surface area contributed by atoms with Gasteiger partial charge >= 0.3 is 0 Å². The smallest absolute Gasteiger partial charge is 0.225 e. The predicted molar refractivity (Wildman–Crippen MR) is 68.0 cm³/mol. The van der Waals surface area contributed by atoms with Crippen LogP contribution < -0.4 is 5.32 Å². The average Bonchev–Trinajstić information content (AvgIpc) is 2.81. The van der Waals surface area contributed by atoms with Gasteiger partial charge in [-0.25, -0.2) is 0 Å². The number of phenols is 1. The molecule has 2 aromatic rings. The molecule has 0 spiro atoms. The molecule has 0 bridgehead atoms. The molecule has 0 saturated heterocycles. The second-order valence-electron chi connectivity index (χ2n) is 3.66. The molecule has 0 aliphatic heterocycles. The third-order valence-electron chi connectivity index (χ3n) is 2.38. The monoisotopic (exact) mass is 247 g/mol. The Morgan fingerprint density at radius 2 is 2.06 bits per heavy atom. The molecule has 0 fully saturated rings. The van der Waals surface area contributed by atoms with E-state index in [1.54, 1.807) is 29.5 Å². The number of thiophene rings is 1. The molecule has 1 aromatic heterocycles. The van der Waals surface area contributed by atoms with Crippen LogP contribution in [-0.2, 0) is 17.8 Å². The van der Waals surface area contributed by atoms with Crippen molar-refractivity contribution in [1.82, 2.24) is 5.32 Å². The number of amides is 1. The van der Waals surface area contributed by atoms with E-state index in [9.17, 15) is 9.90 Å². The molecule has 1 heterocycles. The van der Waals surface area contributed by atoms with Gasteiger partial charge in [-0.2, -0.15) is 0 Å². The van der Waals surface area contributed by atoms with Gasteiger partial charge in [0.15, 0.2) is 0 Å². The van der Waals surface area contributed by atoms with Gasteiger partial charge in [0.1, 0.15) is 5.75 Å². The minimum absolute atomic E-state index is 0.0318. The topological polar surface area (TPSA) is 49.3 Å². The summed E-state index contributed by atoms with van der Waals surface area (Å²) in [6.07, 6.45) is 0.394. The predicted octanol–water partition coefficient (Wildman–Crippen LogP) is 2.31. The van der Waals surface area contributed by atoms with Crippen LogP contribution in [0.2, 0.25) is 0 Å². The molecule has 0 saturated carbocycles. The van der Waals surface area contributed by atoms with Crippen molar-refractivity contribution < 1.29 is 9.90 Å². The quantitative estimate of drug-likeness (QED) is 0.871. The third kappa shape index (κ3) is 3.32. The molecule has 3 nitrogen and oxygen atoms in total. The first-order valence-corrected chi connectivity index (χ1v) is 6.19. The molecular formula is C13H13NO2S. The molecule has 1 aromatic carbocycles. The molecule has 0 atom stereocenters. The van der Waals surface area contributed by atoms with Crippen LogP contribution in [0.25, 0.3) is 0 Å². The van der Waals surface area contributed by atoms with Crippen LogP contribution in [0.4, 0.5) is 0 Å². The summed E-state index contributed by atoms with van der Waals surface area (Å²) in [4.78, 5) is 12.7. The van der Waals surface area contributed by atoms with Gasteiger partial charge in [-0.15, -0.1) is 11.3 Å². The van der Waals surface area contributed by atoms with Crippen molar-refractivity contribution in [2.75, 3.05) is 0 Å². The van der Waals surface area contributed by atoms with E-state index in [2.05, 4.69) is 5.32 Å². The van der Waals surface area contributed by atoms with Gasteiger partial charge in [-0.05, 0) is 17.5 Å². The zero-order valence-corrected chi connectivity index (χ0v) is 10.0. The van der Waals surface area contributed by atoms with E-state index >= 15 is 0 Å². The molecule has 2 rings (SSSR count). The minimum atomic E-state index is -0.0318. The molecular weight excluding hydrogens is 234 g/mol. The van der Waals surface area contributed by atoms with E-state index < -0.39 is 0 Å². The molecule has 0 aliphatic rings. The minimum Gasteiger partial charge on any atom is -0.508 e. The van der Waals surface area contributed by atoms with Gasteiger partial charge in [0.2, 0.25) is 5.91 Å². The second kappa shape index (κ2) is 5.50. The first-order valence-electron chi connectivity index (χ1n) is 5.31. The van der Waals surface area contributed by atoms with Crippen molar-refractivity contribution in [2.45, 2.75) is 13.0 Å². The van der Waals surface area contributed by atoms with Gasteiger partial charge < -0.3 is 10.4 Å². The Bertz CT molecular complexity index is 494. The summed E-state index contributed by atoms with van der Waals surface area (Å²) in [5, 5.41) is 14.3. The van der Waals surface area contributed by atoms with E-state index in [0.717, 1.165) is 10.4 Å². The lowest BCUT2D eigenvalue weighted by molar-refractivity contribution is -0.120. The van der Waals surface area contributed by atoms with Gasteiger partial charge in [0.25, 0.3) is 0 Å². The van der Waals surface area contributed by atoms with Crippen molar-refractivity contribution in [1.29, 1.82) is 0 Å². The lowest BCUT2D eigenvalue weighted by Gasteiger charge is -2.06. The standard InChI is InChI=1S/C13H13NO2S/c15-12-6-2-1-4-10(12)9-14-13(16)8-11-5-3-7-17-11/h1-7,15H,8-9H2,(H,14,16). The van der Waals surface area contributed by atoms with Crippen LogP contribution >= 0.6 is 11.3 Å². The fraction of sp³-hybridized carbons (Fsp3) is 0.154. The SMILES string of the molecule is O=C(Cc1cccs1)NCc1ccccc1O. The Labute approximate surface area is 104 Å². The van der Waals surface area contributed by atoms with Gasteiger partial charge in [0.05, 0.1) is 6.42 Å². The zero-order chi connectivity index (χ0) is 12.1. The zero-order valence-electron chi connectivity index (χ0n) is 9.22. The number of para-hydroxylation sites is 1. The maximum Gasteiger partial charge on any atom is 0.225 e. The third-order valence-corrected chi connectivity index (χ3v) is 3.26. The first-order chi connectivity index (χ1) is 8.25. The van der Waals surface area contributed by atoms with E-state index in [1.807, 2.05) is 23.6 Å². The highest BCUT2D eigenvalue weighted by atomic mass is 32.1. The van der Waals surface area contributed by atoms with E-state index in [4.69, 9.17) is 0 Å². The number of rotatable bonds is 4. The molecule has 0 radical (unpaired) electrons. The number of carbonyl (C=O) groups is 1. The van der Waals surface area contributed by atoms with Crippen LogP contribution in [0.3, 0.4) is 0 Å². The first kappa shape index (κ1) is 11.7. The van der Waals surface area contributed by atoms with E-state index in [-0.39, 0.29) is 11.7 Å².